The Morgan fingerprint density at radius 3 is 2.50 bits per heavy atom. The van der Waals surface area contributed by atoms with Crippen molar-refractivity contribution < 1.29 is 19.8 Å². The smallest absolute Gasteiger partial charge is 0.320 e. The van der Waals surface area contributed by atoms with Gasteiger partial charge in [0.05, 0.1) is 5.52 Å². The Morgan fingerprint density at radius 1 is 1.12 bits per heavy atom. The first kappa shape index (κ1) is 17.4. The van der Waals surface area contributed by atoms with E-state index in [-0.39, 0.29) is 18.1 Å². The number of aliphatic carboxylic acids is 1. The molecule has 1 heterocycles. The number of carboxylic acids is 1. The Balaban J connectivity index is 1.92. The van der Waals surface area contributed by atoms with Crippen LogP contribution in [-0.4, -0.2) is 32.7 Å². The molecule has 0 aliphatic carbocycles. The van der Waals surface area contributed by atoms with Gasteiger partial charge in [0, 0.05) is 24.1 Å². The normalized spacial score (nSPS) is 12.5. The standard InChI is InChI=1S/C20H18N2O4/c21-17(20(25)26)11-14-12-22(18-4-2-1-3-16(14)18)19(24)10-7-13-5-8-15(23)9-6-13/h1-10,12,17,23H,11,21H2,(H,25,26)/b10-7+/t17-/m0/s1. The third-order valence-corrected chi connectivity index (χ3v) is 4.10. The van der Waals surface area contributed by atoms with Crippen LogP contribution in [0.4, 0.5) is 0 Å². The average Bonchev–Trinajstić information content (AvgIpc) is 3.00. The molecule has 3 rings (SSSR count). The van der Waals surface area contributed by atoms with Gasteiger partial charge in [-0.25, -0.2) is 0 Å². The molecule has 0 fully saturated rings. The van der Waals surface area contributed by atoms with Gasteiger partial charge in [-0.3, -0.25) is 14.2 Å². The zero-order chi connectivity index (χ0) is 18.7. The summed E-state index contributed by atoms with van der Waals surface area (Å²) in [6.07, 6.45) is 4.85. The van der Waals surface area contributed by atoms with Crippen molar-refractivity contribution in [2.24, 2.45) is 5.73 Å². The Hall–Kier alpha value is -3.38. The molecule has 1 aromatic heterocycles. The summed E-state index contributed by atoms with van der Waals surface area (Å²) < 4.78 is 1.48. The highest BCUT2D eigenvalue weighted by Gasteiger charge is 2.17. The third-order valence-electron chi connectivity index (χ3n) is 4.10. The fourth-order valence-corrected chi connectivity index (χ4v) is 2.75. The Labute approximate surface area is 149 Å². The maximum Gasteiger partial charge on any atom is 0.320 e. The van der Waals surface area contributed by atoms with Gasteiger partial charge < -0.3 is 15.9 Å². The number of phenols is 1. The number of carbonyl (C=O) groups excluding carboxylic acids is 1. The number of nitrogens with two attached hydrogens (primary N) is 1. The number of aromatic hydroxyl groups is 1. The number of allylic oxidation sites excluding steroid dienone is 1. The molecule has 0 bridgehead atoms. The van der Waals surface area contributed by atoms with Crippen molar-refractivity contribution in [2.75, 3.05) is 0 Å². The van der Waals surface area contributed by atoms with E-state index >= 15 is 0 Å². The molecule has 0 amide bonds. The van der Waals surface area contributed by atoms with Crippen LogP contribution in [0.5, 0.6) is 5.75 Å². The second-order valence-corrected chi connectivity index (χ2v) is 5.95. The SMILES string of the molecule is N[C@@H](Cc1cn(C(=O)/C=C/c2ccc(O)cc2)c2ccccc12)C(=O)O. The lowest BCUT2D eigenvalue weighted by atomic mass is 10.1. The number of benzene rings is 2. The minimum absolute atomic E-state index is 0.137. The zero-order valence-corrected chi connectivity index (χ0v) is 13.9. The monoisotopic (exact) mass is 350 g/mol. The van der Waals surface area contributed by atoms with E-state index in [1.807, 2.05) is 18.2 Å². The van der Waals surface area contributed by atoms with Gasteiger partial charge >= 0.3 is 5.97 Å². The van der Waals surface area contributed by atoms with E-state index in [0.717, 1.165) is 10.9 Å². The number of para-hydroxylation sites is 1. The quantitative estimate of drug-likeness (QED) is 0.614. The van der Waals surface area contributed by atoms with Crippen LogP contribution < -0.4 is 5.73 Å². The molecule has 6 heteroatoms. The van der Waals surface area contributed by atoms with Crippen molar-refractivity contribution in [3.63, 3.8) is 0 Å². The van der Waals surface area contributed by atoms with E-state index in [1.54, 1.807) is 42.6 Å². The van der Waals surface area contributed by atoms with E-state index in [9.17, 15) is 14.7 Å². The predicted octanol–water partition coefficient (Wildman–Crippen LogP) is 2.65. The molecular formula is C20H18N2O4. The second kappa shape index (κ2) is 7.25. The van der Waals surface area contributed by atoms with E-state index in [1.165, 1.54) is 10.6 Å². The van der Waals surface area contributed by atoms with Gasteiger partial charge in [-0.05, 0) is 35.4 Å². The summed E-state index contributed by atoms with van der Waals surface area (Å²) in [5, 5.41) is 19.1. The van der Waals surface area contributed by atoms with Gasteiger partial charge in [-0.2, -0.15) is 0 Å². The first-order chi connectivity index (χ1) is 12.5. The minimum atomic E-state index is -1.08. The predicted molar refractivity (Wildman–Crippen MR) is 99.0 cm³/mol. The lowest BCUT2D eigenvalue weighted by Crippen LogP contribution is -2.32. The zero-order valence-electron chi connectivity index (χ0n) is 13.9. The molecule has 0 unspecified atom stereocenters. The molecule has 0 saturated carbocycles. The van der Waals surface area contributed by atoms with Gasteiger partial charge in [-0.1, -0.05) is 30.3 Å². The Bertz CT molecular complexity index is 987. The number of rotatable bonds is 5. The van der Waals surface area contributed by atoms with Crippen molar-refractivity contribution in [3.8, 4) is 5.75 Å². The summed E-state index contributed by atoms with van der Waals surface area (Å²) in [5.41, 5.74) is 7.83. The lowest BCUT2D eigenvalue weighted by Gasteiger charge is -2.04. The summed E-state index contributed by atoms with van der Waals surface area (Å²) >= 11 is 0. The maximum absolute atomic E-state index is 12.6. The van der Waals surface area contributed by atoms with Gasteiger partial charge in [0.1, 0.15) is 11.8 Å². The van der Waals surface area contributed by atoms with Crippen molar-refractivity contribution in [2.45, 2.75) is 12.5 Å². The topological polar surface area (TPSA) is 106 Å². The van der Waals surface area contributed by atoms with Gasteiger partial charge in [0.25, 0.3) is 5.91 Å². The summed E-state index contributed by atoms with van der Waals surface area (Å²) in [7, 11) is 0. The molecule has 6 nitrogen and oxygen atoms in total. The first-order valence-electron chi connectivity index (χ1n) is 8.04. The van der Waals surface area contributed by atoms with E-state index in [2.05, 4.69) is 0 Å². The van der Waals surface area contributed by atoms with E-state index in [4.69, 9.17) is 10.8 Å². The molecule has 2 aromatic carbocycles. The molecule has 0 aliphatic rings. The third kappa shape index (κ3) is 3.65. The lowest BCUT2D eigenvalue weighted by molar-refractivity contribution is -0.138. The van der Waals surface area contributed by atoms with Crippen LogP contribution >= 0.6 is 0 Å². The second-order valence-electron chi connectivity index (χ2n) is 5.95. The fourth-order valence-electron chi connectivity index (χ4n) is 2.75. The molecule has 26 heavy (non-hydrogen) atoms. The van der Waals surface area contributed by atoms with Crippen LogP contribution in [0.2, 0.25) is 0 Å². The fraction of sp³-hybridized carbons (Fsp3) is 0.100. The maximum atomic E-state index is 12.6. The molecule has 0 aliphatic heterocycles. The summed E-state index contributed by atoms with van der Waals surface area (Å²) in [6.45, 7) is 0. The minimum Gasteiger partial charge on any atom is -0.508 e. The number of carbonyl (C=O) groups is 2. The molecule has 0 spiro atoms. The highest BCUT2D eigenvalue weighted by atomic mass is 16.4. The summed E-state index contributed by atoms with van der Waals surface area (Å²) in [6, 6.07) is 12.7. The van der Waals surface area contributed by atoms with E-state index in [0.29, 0.717) is 11.1 Å². The van der Waals surface area contributed by atoms with Crippen molar-refractivity contribution >= 4 is 28.9 Å². The van der Waals surface area contributed by atoms with Crippen molar-refractivity contribution in [3.05, 3.63) is 71.9 Å². The molecule has 132 valence electrons. The number of hydrogen-bond acceptors (Lipinski definition) is 4. The van der Waals surface area contributed by atoms with Crippen LogP contribution in [0, 0.1) is 0 Å². The van der Waals surface area contributed by atoms with Crippen LogP contribution in [0.1, 0.15) is 15.9 Å². The van der Waals surface area contributed by atoms with Crippen molar-refractivity contribution in [1.82, 2.24) is 4.57 Å². The Morgan fingerprint density at radius 2 is 1.81 bits per heavy atom. The van der Waals surface area contributed by atoms with Crippen LogP contribution in [-0.2, 0) is 11.2 Å². The highest BCUT2D eigenvalue weighted by molar-refractivity contribution is 6.01. The number of aromatic nitrogens is 1. The molecule has 0 radical (unpaired) electrons. The van der Waals surface area contributed by atoms with Crippen LogP contribution in [0.25, 0.3) is 17.0 Å². The number of hydrogen-bond donors (Lipinski definition) is 3. The number of fused-ring (bicyclic) bond motifs is 1. The molecule has 4 N–H and O–H groups in total. The summed E-state index contributed by atoms with van der Waals surface area (Å²) in [4.78, 5) is 23.6. The van der Waals surface area contributed by atoms with Crippen molar-refractivity contribution in [1.29, 1.82) is 0 Å². The average molecular weight is 350 g/mol. The van der Waals surface area contributed by atoms with Gasteiger partial charge in [0.15, 0.2) is 0 Å². The van der Waals surface area contributed by atoms with Crippen LogP contribution in [0.3, 0.4) is 0 Å². The molecule has 1 atom stereocenters. The molecular weight excluding hydrogens is 332 g/mol. The Kier molecular flexibility index (Phi) is 4.86. The first-order valence-corrected chi connectivity index (χ1v) is 8.04. The van der Waals surface area contributed by atoms with E-state index < -0.39 is 12.0 Å². The van der Waals surface area contributed by atoms with Gasteiger partial charge in [0.2, 0.25) is 0 Å². The number of nitrogens with zero attached hydrogens (tertiary/aromatic N) is 1. The van der Waals surface area contributed by atoms with Gasteiger partial charge in [-0.15, -0.1) is 0 Å². The number of phenolic OH excluding ortho intramolecular Hbond substituents is 1. The summed E-state index contributed by atoms with van der Waals surface area (Å²) in [5.74, 6) is -1.19. The largest absolute Gasteiger partial charge is 0.508 e. The number of carboxylic acid groups (broad SMARTS) is 1. The highest BCUT2D eigenvalue weighted by Crippen LogP contribution is 2.23. The van der Waals surface area contributed by atoms with Crippen LogP contribution in [0.15, 0.2) is 60.8 Å². The molecule has 0 saturated heterocycles. The molecule has 3 aromatic rings.